The molecule has 0 aliphatic carbocycles. The van der Waals surface area contributed by atoms with Gasteiger partial charge in [-0.3, -0.25) is 9.59 Å². The Balaban J connectivity index is 2.16. The van der Waals surface area contributed by atoms with Gasteiger partial charge in [0.2, 0.25) is 5.91 Å². The van der Waals surface area contributed by atoms with E-state index in [0.717, 1.165) is 18.4 Å². The monoisotopic (exact) mass is 303 g/mol. The van der Waals surface area contributed by atoms with Crippen LogP contribution in [0.25, 0.3) is 11.0 Å². The van der Waals surface area contributed by atoms with Crippen molar-refractivity contribution in [3.63, 3.8) is 0 Å². The van der Waals surface area contributed by atoms with Crippen LogP contribution in [0.2, 0.25) is 0 Å². The Morgan fingerprint density at radius 1 is 1.36 bits per heavy atom. The molecular weight excluding hydrogens is 282 g/mol. The topological polar surface area (TPSA) is 84.1 Å². The molecule has 0 radical (unpaired) electrons. The van der Waals surface area contributed by atoms with Gasteiger partial charge in [0.1, 0.15) is 11.4 Å². The van der Waals surface area contributed by atoms with Crippen LogP contribution < -0.4 is 5.32 Å². The molecule has 0 aliphatic heterocycles. The zero-order chi connectivity index (χ0) is 15.9. The minimum Gasteiger partial charge on any atom is -0.465 e. The first kappa shape index (κ1) is 16.0. The highest BCUT2D eigenvalue weighted by Crippen LogP contribution is 2.21. The Hall–Kier alpha value is -2.37. The summed E-state index contributed by atoms with van der Waals surface area (Å²) in [6, 6.07) is 5.46. The number of esters is 1. The zero-order valence-corrected chi connectivity index (χ0v) is 12.9. The highest BCUT2D eigenvalue weighted by Gasteiger charge is 2.27. The molecule has 0 bridgehead atoms. The molecule has 0 spiro atoms. The van der Waals surface area contributed by atoms with Gasteiger partial charge in [-0.15, -0.1) is 0 Å². The summed E-state index contributed by atoms with van der Waals surface area (Å²) in [7, 11) is 0. The first-order valence-corrected chi connectivity index (χ1v) is 7.57. The summed E-state index contributed by atoms with van der Waals surface area (Å²) < 4.78 is 5.01. The molecule has 6 heteroatoms. The molecular formula is C16H21N3O3. The van der Waals surface area contributed by atoms with Gasteiger partial charge in [-0.1, -0.05) is 25.8 Å². The Kier molecular flexibility index (Phi) is 5.52. The summed E-state index contributed by atoms with van der Waals surface area (Å²) in [6.07, 6.45) is 3.76. The fraction of sp³-hybridized carbons (Fsp3) is 0.438. The van der Waals surface area contributed by atoms with Crippen LogP contribution >= 0.6 is 0 Å². The highest BCUT2D eigenvalue weighted by molar-refractivity contribution is 6.07. The number of rotatable bonds is 7. The highest BCUT2D eigenvalue weighted by atomic mass is 16.5. The number of aromatic nitrogens is 2. The van der Waals surface area contributed by atoms with Crippen LogP contribution in [0.4, 0.5) is 5.69 Å². The van der Waals surface area contributed by atoms with Gasteiger partial charge in [0, 0.05) is 0 Å². The summed E-state index contributed by atoms with van der Waals surface area (Å²) >= 11 is 0. The third kappa shape index (κ3) is 3.63. The number of carbonyl (C=O) groups excluding carboxylic acids is 2. The van der Waals surface area contributed by atoms with Gasteiger partial charge in [0.05, 0.1) is 24.1 Å². The second-order valence-corrected chi connectivity index (χ2v) is 5.04. The number of amides is 1. The number of anilines is 1. The van der Waals surface area contributed by atoms with Crippen LogP contribution in [0.15, 0.2) is 24.5 Å². The van der Waals surface area contributed by atoms with E-state index in [9.17, 15) is 9.59 Å². The van der Waals surface area contributed by atoms with E-state index in [1.165, 1.54) is 0 Å². The van der Waals surface area contributed by atoms with E-state index in [2.05, 4.69) is 15.3 Å². The molecule has 6 nitrogen and oxygen atoms in total. The molecule has 1 amide bonds. The van der Waals surface area contributed by atoms with Crippen molar-refractivity contribution in [1.29, 1.82) is 0 Å². The van der Waals surface area contributed by atoms with E-state index in [4.69, 9.17) is 4.74 Å². The second kappa shape index (κ2) is 7.59. The van der Waals surface area contributed by atoms with Gasteiger partial charge in [-0.25, -0.2) is 4.98 Å². The first-order chi connectivity index (χ1) is 10.7. The second-order valence-electron chi connectivity index (χ2n) is 5.04. The van der Waals surface area contributed by atoms with Crippen molar-refractivity contribution in [1.82, 2.24) is 9.97 Å². The average Bonchev–Trinajstić information content (AvgIpc) is 2.97. The number of imidazole rings is 1. The van der Waals surface area contributed by atoms with Gasteiger partial charge in [-0.2, -0.15) is 0 Å². The Labute approximate surface area is 129 Å². The molecule has 1 aromatic heterocycles. The van der Waals surface area contributed by atoms with Crippen LogP contribution in [0.3, 0.4) is 0 Å². The molecule has 1 atom stereocenters. The van der Waals surface area contributed by atoms with Crippen LogP contribution in [0.1, 0.15) is 33.1 Å². The fourth-order valence-corrected chi connectivity index (χ4v) is 2.29. The number of H-pyrrole nitrogens is 1. The number of aromatic amines is 1. The largest absolute Gasteiger partial charge is 0.465 e. The molecule has 2 rings (SSSR count). The number of carbonyl (C=O) groups is 2. The average molecular weight is 303 g/mol. The Morgan fingerprint density at radius 3 is 2.91 bits per heavy atom. The number of unbranched alkanes of at least 4 members (excludes halogenated alkanes) is 1. The molecule has 1 unspecified atom stereocenters. The molecule has 0 saturated heterocycles. The van der Waals surface area contributed by atoms with E-state index < -0.39 is 11.9 Å². The number of hydrogen-bond donors (Lipinski definition) is 2. The third-order valence-corrected chi connectivity index (χ3v) is 3.44. The van der Waals surface area contributed by atoms with Crippen LogP contribution in [-0.4, -0.2) is 28.5 Å². The van der Waals surface area contributed by atoms with Crippen molar-refractivity contribution in [3.05, 3.63) is 24.5 Å². The van der Waals surface area contributed by atoms with Crippen molar-refractivity contribution < 1.29 is 14.3 Å². The van der Waals surface area contributed by atoms with Gasteiger partial charge < -0.3 is 15.0 Å². The Morgan fingerprint density at radius 2 is 2.18 bits per heavy atom. The molecule has 118 valence electrons. The lowest BCUT2D eigenvalue weighted by Crippen LogP contribution is -2.31. The molecule has 0 aliphatic rings. The van der Waals surface area contributed by atoms with Crippen molar-refractivity contribution in [2.45, 2.75) is 33.1 Å². The van der Waals surface area contributed by atoms with Crippen LogP contribution in [0.5, 0.6) is 0 Å². The summed E-state index contributed by atoms with van der Waals surface area (Å²) in [4.78, 5) is 31.6. The van der Waals surface area contributed by atoms with Gasteiger partial charge >= 0.3 is 5.97 Å². The lowest BCUT2D eigenvalue weighted by Gasteiger charge is -2.15. The zero-order valence-electron chi connectivity index (χ0n) is 12.9. The van der Waals surface area contributed by atoms with Crippen molar-refractivity contribution in [2.24, 2.45) is 5.92 Å². The maximum atomic E-state index is 12.5. The lowest BCUT2D eigenvalue weighted by molar-refractivity contribution is -0.151. The quantitative estimate of drug-likeness (QED) is 0.608. The number of ether oxygens (including phenoxy) is 1. The fourth-order valence-electron chi connectivity index (χ4n) is 2.29. The van der Waals surface area contributed by atoms with Crippen LogP contribution in [-0.2, 0) is 14.3 Å². The predicted octanol–water partition coefficient (Wildman–Crippen LogP) is 2.87. The smallest absolute Gasteiger partial charge is 0.318 e. The molecule has 22 heavy (non-hydrogen) atoms. The molecule has 1 aromatic carbocycles. The normalized spacial score (nSPS) is 12.1. The summed E-state index contributed by atoms with van der Waals surface area (Å²) in [5.74, 6) is -1.60. The third-order valence-electron chi connectivity index (χ3n) is 3.44. The lowest BCUT2D eigenvalue weighted by atomic mass is 10.0. The van der Waals surface area contributed by atoms with E-state index in [1.807, 2.05) is 19.1 Å². The minimum atomic E-state index is -0.783. The predicted molar refractivity (Wildman–Crippen MR) is 84.4 cm³/mol. The van der Waals surface area contributed by atoms with E-state index in [-0.39, 0.29) is 12.5 Å². The summed E-state index contributed by atoms with van der Waals surface area (Å²) in [5.41, 5.74) is 2.10. The number of para-hydroxylation sites is 1. The van der Waals surface area contributed by atoms with Crippen molar-refractivity contribution in [3.8, 4) is 0 Å². The van der Waals surface area contributed by atoms with E-state index in [0.29, 0.717) is 17.6 Å². The standard InChI is InChI=1S/C16H21N3O3/c1-3-5-7-11(16(21)22-4-2)15(20)19-13-9-6-8-12-14(13)18-10-17-12/h6,8-11H,3-5,7H2,1-2H3,(H,17,18)(H,19,20). The summed E-state index contributed by atoms with van der Waals surface area (Å²) in [5, 5.41) is 2.80. The summed E-state index contributed by atoms with van der Waals surface area (Å²) in [6.45, 7) is 4.02. The Bertz CT molecular complexity index is 651. The van der Waals surface area contributed by atoms with Crippen molar-refractivity contribution >= 4 is 28.6 Å². The SMILES string of the molecule is CCCCC(C(=O)Nc1cccc2[nH]cnc12)C(=O)OCC. The number of benzene rings is 1. The van der Waals surface area contributed by atoms with Gasteiger partial charge in [-0.05, 0) is 25.5 Å². The van der Waals surface area contributed by atoms with E-state index >= 15 is 0 Å². The minimum absolute atomic E-state index is 0.268. The van der Waals surface area contributed by atoms with Gasteiger partial charge in [0.15, 0.2) is 0 Å². The molecule has 1 heterocycles. The maximum Gasteiger partial charge on any atom is 0.318 e. The number of fused-ring (bicyclic) bond motifs is 1. The molecule has 2 N–H and O–H groups in total. The first-order valence-electron chi connectivity index (χ1n) is 7.57. The molecule has 0 fully saturated rings. The van der Waals surface area contributed by atoms with Crippen molar-refractivity contribution in [2.75, 3.05) is 11.9 Å². The van der Waals surface area contributed by atoms with E-state index in [1.54, 1.807) is 19.3 Å². The van der Waals surface area contributed by atoms with Gasteiger partial charge in [0.25, 0.3) is 0 Å². The number of hydrogen-bond acceptors (Lipinski definition) is 4. The maximum absolute atomic E-state index is 12.5. The number of nitrogens with zero attached hydrogens (tertiary/aromatic N) is 1. The van der Waals surface area contributed by atoms with Crippen LogP contribution in [0, 0.1) is 5.92 Å². The number of nitrogens with one attached hydrogen (secondary N) is 2. The molecule has 0 saturated carbocycles. The molecule has 2 aromatic rings.